The lowest BCUT2D eigenvalue weighted by atomic mass is 9.79. The standard InChI is InChI=1S/C15H30N2/c1-4-12-17(13-5-2)14-11-15(16-3)9-7-6-8-10-15/h4,16H,1,5-14H2,2-3H3. The molecule has 0 amide bonds. The van der Waals surface area contributed by atoms with Crippen LogP contribution < -0.4 is 5.32 Å². The second-order valence-corrected chi connectivity index (χ2v) is 5.43. The van der Waals surface area contributed by atoms with Gasteiger partial charge >= 0.3 is 0 Å². The highest BCUT2D eigenvalue weighted by Crippen LogP contribution is 2.30. The molecule has 1 aliphatic carbocycles. The van der Waals surface area contributed by atoms with E-state index in [1.54, 1.807) is 0 Å². The normalized spacial score (nSPS) is 19.5. The number of hydrogen-bond acceptors (Lipinski definition) is 2. The van der Waals surface area contributed by atoms with Gasteiger partial charge in [0.1, 0.15) is 0 Å². The molecule has 0 unspecified atom stereocenters. The van der Waals surface area contributed by atoms with Crippen LogP contribution in [-0.2, 0) is 0 Å². The van der Waals surface area contributed by atoms with Gasteiger partial charge in [-0.3, -0.25) is 4.90 Å². The lowest BCUT2D eigenvalue weighted by Crippen LogP contribution is -2.47. The van der Waals surface area contributed by atoms with Crippen LogP contribution >= 0.6 is 0 Å². The Morgan fingerprint density at radius 2 is 1.94 bits per heavy atom. The summed E-state index contributed by atoms with van der Waals surface area (Å²) in [6, 6.07) is 0. The van der Waals surface area contributed by atoms with Gasteiger partial charge in [0, 0.05) is 18.6 Å². The van der Waals surface area contributed by atoms with E-state index in [9.17, 15) is 0 Å². The van der Waals surface area contributed by atoms with Crippen molar-refractivity contribution in [2.45, 2.75) is 57.4 Å². The molecule has 0 aliphatic heterocycles. The molecule has 0 atom stereocenters. The molecule has 0 aromatic heterocycles. The van der Waals surface area contributed by atoms with E-state index in [4.69, 9.17) is 0 Å². The third-order valence-electron chi connectivity index (χ3n) is 4.17. The molecule has 0 saturated heterocycles. The van der Waals surface area contributed by atoms with Crippen LogP contribution in [0.5, 0.6) is 0 Å². The summed E-state index contributed by atoms with van der Waals surface area (Å²) < 4.78 is 0. The maximum atomic E-state index is 3.86. The maximum absolute atomic E-state index is 3.86. The van der Waals surface area contributed by atoms with E-state index in [2.05, 4.69) is 30.8 Å². The first-order chi connectivity index (χ1) is 8.26. The Morgan fingerprint density at radius 1 is 1.24 bits per heavy atom. The van der Waals surface area contributed by atoms with Crippen molar-refractivity contribution in [1.82, 2.24) is 10.2 Å². The number of rotatable bonds is 8. The molecule has 0 aromatic carbocycles. The average molecular weight is 238 g/mol. The summed E-state index contributed by atoms with van der Waals surface area (Å²) in [5, 5.41) is 3.60. The zero-order chi connectivity index (χ0) is 12.6. The van der Waals surface area contributed by atoms with E-state index in [1.807, 2.05) is 6.08 Å². The highest BCUT2D eigenvalue weighted by atomic mass is 15.1. The van der Waals surface area contributed by atoms with Crippen LogP contribution in [0.1, 0.15) is 51.9 Å². The molecule has 17 heavy (non-hydrogen) atoms. The molecular weight excluding hydrogens is 208 g/mol. The highest BCUT2D eigenvalue weighted by molar-refractivity contribution is 4.90. The van der Waals surface area contributed by atoms with E-state index >= 15 is 0 Å². The Kier molecular flexibility index (Phi) is 6.83. The van der Waals surface area contributed by atoms with Crippen LogP contribution in [0, 0.1) is 0 Å². The van der Waals surface area contributed by atoms with Crippen molar-refractivity contribution < 1.29 is 0 Å². The SMILES string of the molecule is C=CCN(CCC)CCC1(NC)CCCCC1. The Labute approximate surface area is 107 Å². The Bertz CT molecular complexity index is 207. The molecular formula is C15H30N2. The third kappa shape index (κ3) is 4.81. The lowest BCUT2D eigenvalue weighted by molar-refractivity contribution is 0.189. The minimum Gasteiger partial charge on any atom is -0.314 e. The van der Waals surface area contributed by atoms with Crippen molar-refractivity contribution in [3.8, 4) is 0 Å². The smallest absolute Gasteiger partial charge is 0.0190 e. The quantitative estimate of drug-likeness (QED) is 0.653. The fraction of sp³-hybridized carbons (Fsp3) is 0.867. The van der Waals surface area contributed by atoms with Gasteiger partial charge in [-0.2, -0.15) is 0 Å². The first kappa shape index (κ1) is 14.7. The van der Waals surface area contributed by atoms with Crippen molar-refractivity contribution in [3.63, 3.8) is 0 Å². The molecule has 1 saturated carbocycles. The Hall–Kier alpha value is -0.340. The van der Waals surface area contributed by atoms with Gasteiger partial charge in [0.15, 0.2) is 0 Å². The van der Waals surface area contributed by atoms with Crippen molar-refractivity contribution in [1.29, 1.82) is 0 Å². The lowest BCUT2D eigenvalue weighted by Gasteiger charge is -2.38. The molecule has 100 valence electrons. The van der Waals surface area contributed by atoms with Gasteiger partial charge in [-0.25, -0.2) is 0 Å². The summed E-state index contributed by atoms with van der Waals surface area (Å²) in [5.74, 6) is 0. The number of nitrogens with zero attached hydrogens (tertiary/aromatic N) is 1. The molecule has 1 aliphatic rings. The summed E-state index contributed by atoms with van der Waals surface area (Å²) >= 11 is 0. The Morgan fingerprint density at radius 3 is 2.47 bits per heavy atom. The minimum atomic E-state index is 0.422. The average Bonchev–Trinajstić information content (AvgIpc) is 2.38. The van der Waals surface area contributed by atoms with Crippen molar-refractivity contribution >= 4 is 0 Å². The van der Waals surface area contributed by atoms with E-state index in [0.29, 0.717) is 5.54 Å². The van der Waals surface area contributed by atoms with Crippen LogP contribution in [0.4, 0.5) is 0 Å². The van der Waals surface area contributed by atoms with Gasteiger partial charge in [-0.15, -0.1) is 6.58 Å². The second-order valence-electron chi connectivity index (χ2n) is 5.43. The van der Waals surface area contributed by atoms with Crippen molar-refractivity contribution in [2.75, 3.05) is 26.7 Å². The predicted octanol–water partition coefficient (Wildman–Crippen LogP) is 3.20. The molecule has 1 fully saturated rings. The van der Waals surface area contributed by atoms with Gasteiger partial charge in [0.25, 0.3) is 0 Å². The first-order valence-electron chi connectivity index (χ1n) is 7.28. The highest BCUT2D eigenvalue weighted by Gasteiger charge is 2.29. The van der Waals surface area contributed by atoms with Gasteiger partial charge < -0.3 is 5.32 Å². The zero-order valence-corrected chi connectivity index (χ0v) is 11.8. The van der Waals surface area contributed by atoms with Crippen LogP contribution in [0.25, 0.3) is 0 Å². The monoisotopic (exact) mass is 238 g/mol. The van der Waals surface area contributed by atoms with E-state index in [-0.39, 0.29) is 0 Å². The van der Waals surface area contributed by atoms with Crippen LogP contribution in [-0.4, -0.2) is 37.1 Å². The van der Waals surface area contributed by atoms with Crippen LogP contribution in [0.2, 0.25) is 0 Å². The van der Waals surface area contributed by atoms with Gasteiger partial charge in [0.05, 0.1) is 0 Å². The van der Waals surface area contributed by atoms with Crippen molar-refractivity contribution in [2.24, 2.45) is 0 Å². The molecule has 0 radical (unpaired) electrons. The largest absolute Gasteiger partial charge is 0.314 e. The van der Waals surface area contributed by atoms with Gasteiger partial charge in [0.2, 0.25) is 0 Å². The topological polar surface area (TPSA) is 15.3 Å². The van der Waals surface area contributed by atoms with E-state index < -0.39 is 0 Å². The molecule has 2 heteroatoms. The molecule has 1 N–H and O–H groups in total. The summed E-state index contributed by atoms with van der Waals surface area (Å²) in [5.41, 5.74) is 0.422. The maximum Gasteiger partial charge on any atom is 0.0190 e. The molecule has 1 rings (SSSR count). The fourth-order valence-electron chi connectivity index (χ4n) is 3.02. The van der Waals surface area contributed by atoms with Crippen LogP contribution in [0.3, 0.4) is 0 Å². The van der Waals surface area contributed by atoms with Gasteiger partial charge in [-0.05, 0) is 39.3 Å². The molecule has 0 aromatic rings. The summed E-state index contributed by atoms with van der Waals surface area (Å²) in [7, 11) is 2.14. The fourth-order valence-corrected chi connectivity index (χ4v) is 3.02. The third-order valence-corrected chi connectivity index (χ3v) is 4.17. The number of hydrogen-bond donors (Lipinski definition) is 1. The molecule has 0 spiro atoms. The zero-order valence-electron chi connectivity index (χ0n) is 11.8. The second kappa shape index (κ2) is 7.88. The predicted molar refractivity (Wildman–Crippen MR) is 76.4 cm³/mol. The van der Waals surface area contributed by atoms with Crippen molar-refractivity contribution in [3.05, 3.63) is 12.7 Å². The first-order valence-corrected chi connectivity index (χ1v) is 7.28. The molecule has 0 heterocycles. The van der Waals surface area contributed by atoms with Gasteiger partial charge in [-0.1, -0.05) is 32.3 Å². The Balaban J connectivity index is 2.41. The number of nitrogens with one attached hydrogen (secondary N) is 1. The van der Waals surface area contributed by atoms with Crippen LogP contribution in [0.15, 0.2) is 12.7 Å². The van der Waals surface area contributed by atoms with E-state index in [0.717, 1.165) is 6.54 Å². The minimum absolute atomic E-state index is 0.422. The van der Waals surface area contributed by atoms with E-state index in [1.165, 1.54) is 58.0 Å². The summed E-state index contributed by atoms with van der Waals surface area (Å²) in [6.45, 7) is 9.56. The summed E-state index contributed by atoms with van der Waals surface area (Å²) in [6.07, 6.45) is 11.5. The summed E-state index contributed by atoms with van der Waals surface area (Å²) in [4.78, 5) is 2.53. The molecule has 2 nitrogen and oxygen atoms in total. The molecule has 0 bridgehead atoms.